The van der Waals surface area contributed by atoms with Crippen LogP contribution in [0.2, 0.25) is 0 Å². The molecule has 0 radical (unpaired) electrons. The number of amides is 3. The van der Waals surface area contributed by atoms with Gasteiger partial charge in [-0.3, -0.25) is 10.1 Å². The molecule has 2 aromatic rings. The molecule has 2 rings (SSSR count). The highest BCUT2D eigenvalue weighted by Gasteiger charge is 2.05. The summed E-state index contributed by atoms with van der Waals surface area (Å²) in [6.07, 6.45) is 2.94. The smallest absolute Gasteiger partial charge is 0.326 e. The molecule has 0 saturated carbocycles. The van der Waals surface area contributed by atoms with E-state index in [-0.39, 0.29) is 0 Å². The maximum Gasteiger partial charge on any atom is 0.326 e. The molecule has 112 valence electrons. The SMILES string of the molecule is COc1cccc(NC(=O)NC(=O)/C=C/c2ccccc2)c1. The highest BCUT2D eigenvalue weighted by molar-refractivity contribution is 6.06. The first kappa shape index (κ1) is 15.3. The summed E-state index contributed by atoms with van der Waals surface area (Å²) in [5.74, 6) is 0.123. The zero-order valence-corrected chi connectivity index (χ0v) is 12.1. The van der Waals surface area contributed by atoms with E-state index in [1.54, 1.807) is 30.3 Å². The van der Waals surface area contributed by atoms with E-state index in [2.05, 4.69) is 10.6 Å². The molecule has 0 atom stereocenters. The topological polar surface area (TPSA) is 67.4 Å². The Balaban J connectivity index is 1.88. The van der Waals surface area contributed by atoms with Gasteiger partial charge < -0.3 is 10.1 Å². The van der Waals surface area contributed by atoms with Crippen molar-refractivity contribution in [2.45, 2.75) is 0 Å². The average Bonchev–Trinajstić information content (AvgIpc) is 2.54. The number of carbonyl (C=O) groups excluding carboxylic acids is 2. The van der Waals surface area contributed by atoms with Crippen LogP contribution in [-0.4, -0.2) is 19.0 Å². The van der Waals surface area contributed by atoms with Crippen molar-refractivity contribution in [3.05, 3.63) is 66.2 Å². The molecule has 2 N–H and O–H groups in total. The maximum absolute atomic E-state index is 11.7. The van der Waals surface area contributed by atoms with Gasteiger partial charge in [0.1, 0.15) is 5.75 Å². The molecule has 22 heavy (non-hydrogen) atoms. The molecular formula is C17H16N2O3. The molecule has 0 heterocycles. The quantitative estimate of drug-likeness (QED) is 0.852. The lowest BCUT2D eigenvalue weighted by molar-refractivity contribution is -0.115. The Labute approximate surface area is 128 Å². The summed E-state index contributed by atoms with van der Waals surface area (Å²) in [5.41, 5.74) is 1.42. The van der Waals surface area contributed by atoms with E-state index < -0.39 is 11.9 Å². The minimum atomic E-state index is -0.601. The molecule has 0 bridgehead atoms. The number of urea groups is 1. The van der Waals surface area contributed by atoms with Crippen LogP contribution in [0.1, 0.15) is 5.56 Å². The summed E-state index contributed by atoms with van der Waals surface area (Å²) in [4.78, 5) is 23.4. The van der Waals surface area contributed by atoms with Crippen LogP contribution in [-0.2, 0) is 4.79 Å². The molecular weight excluding hydrogens is 280 g/mol. The summed E-state index contributed by atoms with van der Waals surface area (Å²) >= 11 is 0. The summed E-state index contributed by atoms with van der Waals surface area (Å²) in [5, 5.41) is 4.78. The molecule has 2 aromatic carbocycles. The Kier molecular flexibility index (Phi) is 5.31. The van der Waals surface area contributed by atoms with Crippen LogP contribution in [0, 0.1) is 0 Å². The number of ether oxygens (including phenoxy) is 1. The van der Waals surface area contributed by atoms with Gasteiger partial charge in [-0.15, -0.1) is 0 Å². The van der Waals surface area contributed by atoms with Gasteiger partial charge in [0.05, 0.1) is 7.11 Å². The zero-order valence-electron chi connectivity index (χ0n) is 12.1. The number of anilines is 1. The first-order valence-corrected chi connectivity index (χ1v) is 6.66. The number of carbonyl (C=O) groups is 2. The molecule has 0 unspecified atom stereocenters. The largest absolute Gasteiger partial charge is 0.497 e. The number of imide groups is 1. The van der Waals surface area contributed by atoms with Gasteiger partial charge in [0.15, 0.2) is 0 Å². The fraction of sp³-hybridized carbons (Fsp3) is 0.0588. The fourth-order valence-electron chi connectivity index (χ4n) is 1.75. The molecule has 5 heteroatoms. The fourth-order valence-corrected chi connectivity index (χ4v) is 1.75. The van der Waals surface area contributed by atoms with E-state index in [1.807, 2.05) is 30.3 Å². The second-order valence-corrected chi connectivity index (χ2v) is 4.42. The molecule has 0 aliphatic rings. The van der Waals surface area contributed by atoms with Gasteiger partial charge in [0, 0.05) is 17.8 Å². The first-order chi connectivity index (χ1) is 10.7. The van der Waals surface area contributed by atoms with Crippen molar-refractivity contribution in [1.29, 1.82) is 0 Å². The highest BCUT2D eigenvalue weighted by Crippen LogP contribution is 2.16. The van der Waals surface area contributed by atoms with Gasteiger partial charge in [-0.25, -0.2) is 4.79 Å². The summed E-state index contributed by atoms with van der Waals surface area (Å²) in [7, 11) is 1.54. The van der Waals surface area contributed by atoms with Gasteiger partial charge >= 0.3 is 6.03 Å². The molecule has 0 aliphatic heterocycles. The van der Waals surface area contributed by atoms with Crippen molar-refractivity contribution in [3.63, 3.8) is 0 Å². The van der Waals surface area contributed by atoms with Crippen LogP contribution in [0.15, 0.2) is 60.7 Å². The molecule has 0 fully saturated rings. The van der Waals surface area contributed by atoms with Crippen LogP contribution >= 0.6 is 0 Å². The predicted molar refractivity (Wildman–Crippen MR) is 85.6 cm³/mol. The number of hydrogen-bond donors (Lipinski definition) is 2. The van der Waals surface area contributed by atoms with E-state index in [0.29, 0.717) is 11.4 Å². The second-order valence-electron chi connectivity index (χ2n) is 4.42. The second kappa shape index (κ2) is 7.64. The van der Waals surface area contributed by atoms with Gasteiger partial charge in [-0.2, -0.15) is 0 Å². The Morgan fingerprint density at radius 2 is 1.82 bits per heavy atom. The van der Waals surface area contributed by atoms with E-state index in [9.17, 15) is 9.59 Å². The molecule has 3 amide bonds. The highest BCUT2D eigenvalue weighted by atomic mass is 16.5. The lowest BCUT2D eigenvalue weighted by Gasteiger charge is -2.06. The lowest BCUT2D eigenvalue weighted by atomic mass is 10.2. The minimum absolute atomic E-state index is 0.496. The standard InChI is InChI=1S/C17H16N2O3/c1-22-15-9-5-8-14(12-15)18-17(21)19-16(20)11-10-13-6-3-2-4-7-13/h2-12H,1H3,(H2,18,19,20,21)/b11-10+. The van der Waals surface area contributed by atoms with Crippen LogP contribution in [0.5, 0.6) is 5.75 Å². The van der Waals surface area contributed by atoms with Crippen molar-refractivity contribution >= 4 is 23.7 Å². The van der Waals surface area contributed by atoms with Crippen LogP contribution < -0.4 is 15.4 Å². The summed E-state index contributed by atoms with van der Waals surface area (Å²) in [6.45, 7) is 0. The Morgan fingerprint density at radius 1 is 1.05 bits per heavy atom. The van der Waals surface area contributed by atoms with Gasteiger partial charge in [0.2, 0.25) is 0 Å². The number of hydrogen-bond acceptors (Lipinski definition) is 3. The van der Waals surface area contributed by atoms with Crippen molar-refractivity contribution < 1.29 is 14.3 Å². The Morgan fingerprint density at radius 3 is 2.55 bits per heavy atom. The predicted octanol–water partition coefficient (Wildman–Crippen LogP) is 3.06. The van der Waals surface area contributed by atoms with Crippen molar-refractivity contribution in [2.75, 3.05) is 12.4 Å². The maximum atomic E-state index is 11.7. The van der Waals surface area contributed by atoms with Crippen molar-refractivity contribution in [1.82, 2.24) is 5.32 Å². The zero-order chi connectivity index (χ0) is 15.8. The van der Waals surface area contributed by atoms with Gasteiger partial charge in [-0.1, -0.05) is 36.4 Å². The molecule has 0 aliphatic carbocycles. The van der Waals surface area contributed by atoms with Crippen LogP contribution in [0.4, 0.5) is 10.5 Å². The van der Waals surface area contributed by atoms with E-state index >= 15 is 0 Å². The minimum Gasteiger partial charge on any atom is -0.497 e. The van der Waals surface area contributed by atoms with Gasteiger partial charge in [-0.05, 0) is 23.8 Å². The van der Waals surface area contributed by atoms with E-state index in [1.165, 1.54) is 13.2 Å². The van der Waals surface area contributed by atoms with Gasteiger partial charge in [0.25, 0.3) is 5.91 Å². The Bertz CT molecular complexity index is 681. The lowest BCUT2D eigenvalue weighted by Crippen LogP contribution is -2.33. The first-order valence-electron chi connectivity index (χ1n) is 6.66. The molecule has 0 aromatic heterocycles. The van der Waals surface area contributed by atoms with Crippen LogP contribution in [0.3, 0.4) is 0 Å². The number of nitrogens with one attached hydrogen (secondary N) is 2. The third kappa shape index (κ3) is 4.79. The van der Waals surface area contributed by atoms with Crippen LogP contribution in [0.25, 0.3) is 6.08 Å². The van der Waals surface area contributed by atoms with Crippen molar-refractivity contribution in [3.8, 4) is 5.75 Å². The van der Waals surface area contributed by atoms with Crippen molar-refractivity contribution in [2.24, 2.45) is 0 Å². The average molecular weight is 296 g/mol. The van der Waals surface area contributed by atoms with E-state index in [4.69, 9.17) is 4.74 Å². The third-order valence-corrected chi connectivity index (χ3v) is 2.79. The number of methoxy groups -OCH3 is 1. The monoisotopic (exact) mass is 296 g/mol. The molecule has 5 nitrogen and oxygen atoms in total. The molecule has 0 saturated heterocycles. The molecule has 0 spiro atoms. The summed E-state index contributed by atoms with van der Waals surface area (Å²) in [6, 6.07) is 15.6. The third-order valence-electron chi connectivity index (χ3n) is 2.79. The Hall–Kier alpha value is -3.08. The number of rotatable bonds is 4. The van der Waals surface area contributed by atoms with E-state index in [0.717, 1.165) is 5.56 Å². The number of benzene rings is 2. The normalized spacial score (nSPS) is 10.2. The summed E-state index contributed by atoms with van der Waals surface area (Å²) < 4.78 is 5.06.